The molecular formula is C20H24N2O3. The van der Waals surface area contributed by atoms with E-state index in [2.05, 4.69) is 19.2 Å². The van der Waals surface area contributed by atoms with E-state index in [1.807, 2.05) is 47.4 Å². The Morgan fingerprint density at radius 3 is 2.36 bits per heavy atom. The predicted octanol–water partition coefficient (Wildman–Crippen LogP) is 4.07. The van der Waals surface area contributed by atoms with Crippen LogP contribution in [0.25, 0.3) is 0 Å². The second-order valence-electron chi connectivity index (χ2n) is 6.21. The monoisotopic (exact) mass is 340 g/mol. The molecule has 5 heteroatoms. The van der Waals surface area contributed by atoms with Gasteiger partial charge < -0.3 is 19.7 Å². The van der Waals surface area contributed by atoms with Crippen LogP contribution in [0.15, 0.2) is 42.5 Å². The summed E-state index contributed by atoms with van der Waals surface area (Å²) in [6, 6.07) is 13.4. The van der Waals surface area contributed by atoms with Gasteiger partial charge in [0.2, 0.25) is 0 Å². The molecule has 3 rings (SSSR count). The van der Waals surface area contributed by atoms with Gasteiger partial charge in [-0.1, -0.05) is 19.1 Å². The maximum atomic E-state index is 13.1. The number of anilines is 1. The van der Waals surface area contributed by atoms with Crippen LogP contribution in [-0.2, 0) is 0 Å². The van der Waals surface area contributed by atoms with Crippen molar-refractivity contribution in [3.63, 3.8) is 0 Å². The van der Waals surface area contributed by atoms with E-state index in [9.17, 15) is 4.79 Å². The molecule has 2 aromatic carbocycles. The number of fused-ring (bicyclic) bond motifs is 1. The van der Waals surface area contributed by atoms with Crippen molar-refractivity contribution in [2.24, 2.45) is 0 Å². The molecule has 0 saturated heterocycles. The maximum absolute atomic E-state index is 13.1. The second-order valence-corrected chi connectivity index (χ2v) is 6.21. The van der Waals surface area contributed by atoms with Crippen molar-refractivity contribution in [3.8, 4) is 11.5 Å². The Morgan fingerprint density at radius 2 is 1.76 bits per heavy atom. The number of carbonyl (C=O) groups is 1. The summed E-state index contributed by atoms with van der Waals surface area (Å²) in [5.41, 5.74) is 2.48. The lowest BCUT2D eigenvalue weighted by Gasteiger charge is -2.41. The van der Waals surface area contributed by atoms with Gasteiger partial charge in [-0.25, -0.2) is 0 Å². The van der Waals surface area contributed by atoms with Crippen LogP contribution in [0.3, 0.4) is 0 Å². The Kier molecular flexibility index (Phi) is 4.83. The number of rotatable bonds is 5. The number of hydrogen-bond donors (Lipinski definition) is 1. The molecule has 0 aromatic heterocycles. The molecule has 0 unspecified atom stereocenters. The molecule has 0 fully saturated rings. The number of nitrogens with zero attached hydrogens (tertiary/aromatic N) is 1. The molecule has 1 aliphatic rings. The Bertz CT molecular complexity index is 753. The first-order chi connectivity index (χ1) is 12.1. The fourth-order valence-corrected chi connectivity index (χ4v) is 3.15. The van der Waals surface area contributed by atoms with Crippen molar-refractivity contribution in [1.29, 1.82) is 0 Å². The van der Waals surface area contributed by atoms with E-state index < -0.39 is 0 Å². The fourth-order valence-electron chi connectivity index (χ4n) is 3.15. The van der Waals surface area contributed by atoms with Gasteiger partial charge in [0.25, 0.3) is 5.91 Å². The smallest absolute Gasteiger partial charge is 0.258 e. The molecule has 0 bridgehead atoms. The van der Waals surface area contributed by atoms with Crippen molar-refractivity contribution >= 4 is 11.6 Å². The summed E-state index contributed by atoms with van der Waals surface area (Å²) in [6.45, 7) is 4.15. The molecule has 2 atom stereocenters. The van der Waals surface area contributed by atoms with Crippen molar-refractivity contribution in [3.05, 3.63) is 53.6 Å². The molecular weight excluding hydrogens is 316 g/mol. The van der Waals surface area contributed by atoms with Crippen molar-refractivity contribution < 1.29 is 14.3 Å². The highest BCUT2D eigenvalue weighted by molar-refractivity contribution is 6.01. The number of hydrogen-bond acceptors (Lipinski definition) is 4. The minimum Gasteiger partial charge on any atom is -0.497 e. The number of para-hydroxylation sites is 1. The standard InChI is InChI=1S/C20H24N2O3/c1-5-13(2)22-19(14-10-15(24-3)12-16(11-14)25-4)21-18-9-7-6-8-17(18)20(22)23/h6-13,19,21H,5H2,1-4H3/t13-,19-/m0/s1. The van der Waals surface area contributed by atoms with Crippen LogP contribution in [0.5, 0.6) is 11.5 Å². The predicted molar refractivity (Wildman–Crippen MR) is 98.3 cm³/mol. The highest BCUT2D eigenvalue weighted by Gasteiger charge is 2.35. The largest absolute Gasteiger partial charge is 0.497 e. The lowest BCUT2D eigenvalue weighted by Crippen LogP contribution is -2.47. The summed E-state index contributed by atoms with van der Waals surface area (Å²) in [7, 11) is 3.25. The number of ether oxygens (including phenoxy) is 2. The molecule has 1 aliphatic heterocycles. The molecule has 5 nitrogen and oxygen atoms in total. The van der Waals surface area contributed by atoms with Crippen LogP contribution in [0, 0.1) is 0 Å². The Hall–Kier alpha value is -2.69. The van der Waals surface area contributed by atoms with E-state index >= 15 is 0 Å². The van der Waals surface area contributed by atoms with Crippen LogP contribution in [0.4, 0.5) is 5.69 Å². The number of carbonyl (C=O) groups excluding carboxylic acids is 1. The van der Waals surface area contributed by atoms with E-state index in [1.165, 1.54) is 0 Å². The van der Waals surface area contributed by atoms with Gasteiger partial charge in [-0.3, -0.25) is 4.79 Å². The summed E-state index contributed by atoms with van der Waals surface area (Å²) < 4.78 is 10.8. The number of methoxy groups -OCH3 is 2. The molecule has 132 valence electrons. The third kappa shape index (κ3) is 3.14. The zero-order valence-electron chi connectivity index (χ0n) is 15.1. The molecule has 0 radical (unpaired) electrons. The molecule has 0 aliphatic carbocycles. The van der Waals surface area contributed by atoms with Gasteiger partial charge in [0.1, 0.15) is 17.7 Å². The van der Waals surface area contributed by atoms with Crippen LogP contribution in [-0.4, -0.2) is 31.1 Å². The van der Waals surface area contributed by atoms with Crippen LogP contribution in [0.2, 0.25) is 0 Å². The number of nitrogens with one attached hydrogen (secondary N) is 1. The van der Waals surface area contributed by atoms with Gasteiger partial charge in [0.15, 0.2) is 0 Å². The maximum Gasteiger partial charge on any atom is 0.258 e. The van der Waals surface area contributed by atoms with Gasteiger partial charge in [0, 0.05) is 23.4 Å². The minimum atomic E-state index is -0.277. The molecule has 1 heterocycles. The number of benzene rings is 2. The molecule has 25 heavy (non-hydrogen) atoms. The minimum absolute atomic E-state index is 0.0375. The van der Waals surface area contributed by atoms with E-state index in [-0.39, 0.29) is 18.1 Å². The van der Waals surface area contributed by atoms with Crippen molar-refractivity contribution in [1.82, 2.24) is 4.90 Å². The van der Waals surface area contributed by atoms with Gasteiger partial charge in [-0.2, -0.15) is 0 Å². The highest BCUT2D eigenvalue weighted by atomic mass is 16.5. The lowest BCUT2D eigenvalue weighted by molar-refractivity contribution is 0.0593. The van der Waals surface area contributed by atoms with Gasteiger partial charge in [-0.05, 0) is 37.6 Å². The molecule has 0 saturated carbocycles. The normalized spacial score (nSPS) is 17.5. The zero-order valence-corrected chi connectivity index (χ0v) is 15.1. The summed E-state index contributed by atoms with van der Waals surface area (Å²) in [5, 5.41) is 3.51. The van der Waals surface area contributed by atoms with E-state index in [0.29, 0.717) is 17.1 Å². The van der Waals surface area contributed by atoms with Crippen molar-refractivity contribution in [2.75, 3.05) is 19.5 Å². The third-order valence-electron chi connectivity index (χ3n) is 4.72. The average molecular weight is 340 g/mol. The lowest BCUT2D eigenvalue weighted by atomic mass is 10.0. The highest BCUT2D eigenvalue weighted by Crippen LogP contribution is 2.37. The van der Waals surface area contributed by atoms with Gasteiger partial charge >= 0.3 is 0 Å². The molecule has 2 aromatic rings. The van der Waals surface area contributed by atoms with E-state index in [4.69, 9.17) is 9.47 Å². The Morgan fingerprint density at radius 1 is 1.12 bits per heavy atom. The molecule has 0 spiro atoms. The first kappa shape index (κ1) is 17.1. The van der Waals surface area contributed by atoms with Crippen LogP contribution >= 0.6 is 0 Å². The topological polar surface area (TPSA) is 50.8 Å². The summed E-state index contributed by atoms with van der Waals surface area (Å²) >= 11 is 0. The molecule has 1 N–H and O–H groups in total. The first-order valence-electron chi connectivity index (χ1n) is 8.50. The van der Waals surface area contributed by atoms with Crippen LogP contribution in [0.1, 0.15) is 42.4 Å². The van der Waals surface area contributed by atoms with Crippen molar-refractivity contribution in [2.45, 2.75) is 32.5 Å². The average Bonchev–Trinajstić information content (AvgIpc) is 2.66. The Balaban J connectivity index is 2.11. The summed E-state index contributed by atoms with van der Waals surface area (Å²) in [4.78, 5) is 15.0. The number of amides is 1. The van der Waals surface area contributed by atoms with Crippen LogP contribution < -0.4 is 14.8 Å². The Labute approximate surface area is 148 Å². The molecule has 1 amide bonds. The fraction of sp³-hybridized carbons (Fsp3) is 0.350. The first-order valence-corrected chi connectivity index (χ1v) is 8.50. The second kappa shape index (κ2) is 7.05. The third-order valence-corrected chi connectivity index (χ3v) is 4.72. The zero-order chi connectivity index (χ0) is 18.0. The summed E-state index contributed by atoms with van der Waals surface area (Å²) in [6.07, 6.45) is 0.592. The van der Waals surface area contributed by atoms with Gasteiger partial charge in [0.05, 0.1) is 19.8 Å². The van der Waals surface area contributed by atoms with Gasteiger partial charge in [-0.15, -0.1) is 0 Å². The summed E-state index contributed by atoms with van der Waals surface area (Å²) in [5.74, 6) is 1.44. The van der Waals surface area contributed by atoms with E-state index in [0.717, 1.165) is 17.7 Å². The SMILES string of the molecule is CC[C@H](C)N1C(=O)c2ccccc2N[C@@H]1c1cc(OC)cc(OC)c1. The quantitative estimate of drug-likeness (QED) is 0.891. The van der Waals surface area contributed by atoms with E-state index in [1.54, 1.807) is 14.2 Å².